The molecule has 0 heterocycles. The fraction of sp³-hybridized carbons (Fsp3) is 1.00. The molecule has 0 saturated carbocycles. The second-order valence-corrected chi connectivity index (χ2v) is 2.71. The van der Waals surface area contributed by atoms with Gasteiger partial charge in [-0.3, -0.25) is 0 Å². The zero-order valence-corrected chi connectivity index (χ0v) is 8.66. The Labute approximate surface area is 82.5 Å². The van der Waals surface area contributed by atoms with Gasteiger partial charge < -0.3 is 2.85 Å². The molecular formula is C7H17ClMg. The minimum atomic E-state index is 0. The second kappa shape index (κ2) is 9.06. The van der Waals surface area contributed by atoms with Crippen LogP contribution in [0.15, 0.2) is 0 Å². The maximum Gasteiger partial charge on any atom is 2.00 e. The van der Waals surface area contributed by atoms with Crippen LogP contribution in [0.5, 0.6) is 0 Å². The summed E-state index contributed by atoms with van der Waals surface area (Å²) in [6.07, 6.45) is 3.91. The van der Waals surface area contributed by atoms with Gasteiger partial charge in [0.25, 0.3) is 0 Å². The van der Waals surface area contributed by atoms with E-state index in [1.807, 2.05) is 0 Å². The number of hydrogen-bond donors (Lipinski definition) is 0. The van der Waals surface area contributed by atoms with Crippen LogP contribution in [0.25, 0.3) is 0 Å². The zero-order chi connectivity index (χ0) is 6.41. The number of halogens is 1. The molecule has 0 bridgehead atoms. The summed E-state index contributed by atoms with van der Waals surface area (Å²) in [5.41, 5.74) is 0. The first-order valence-corrected chi connectivity index (χ1v) is 3.90. The molecule has 54 valence electrons. The van der Waals surface area contributed by atoms with Crippen LogP contribution in [0.1, 0.15) is 36.0 Å². The van der Waals surface area contributed by atoms with Crippen LogP contribution in [0, 0.1) is 5.92 Å². The fourth-order valence-electron chi connectivity index (χ4n) is 0.630. The summed E-state index contributed by atoms with van der Waals surface area (Å²) in [7, 11) is 0. The van der Waals surface area contributed by atoms with Crippen LogP contribution in [0.3, 0.4) is 0 Å². The van der Waals surface area contributed by atoms with Crippen molar-refractivity contribution in [3.8, 4) is 0 Å². The van der Waals surface area contributed by atoms with Crippen LogP contribution in [-0.4, -0.2) is 28.9 Å². The van der Waals surface area contributed by atoms with Gasteiger partial charge in [0.15, 0.2) is 0 Å². The van der Waals surface area contributed by atoms with E-state index in [1.165, 1.54) is 19.3 Å². The van der Waals surface area contributed by atoms with Gasteiger partial charge >= 0.3 is 23.1 Å². The van der Waals surface area contributed by atoms with Crippen molar-refractivity contribution in [3.63, 3.8) is 0 Å². The molecule has 0 fully saturated rings. The number of rotatable bonds is 4. The van der Waals surface area contributed by atoms with E-state index < -0.39 is 0 Å². The molecule has 0 radical (unpaired) electrons. The molecule has 9 heavy (non-hydrogen) atoms. The Kier molecular flexibility index (Phi) is 12.8. The predicted molar refractivity (Wildman–Crippen MR) is 47.4 cm³/mol. The second-order valence-electron chi connectivity index (χ2n) is 2.40. The molecule has 2 heteroatoms. The van der Waals surface area contributed by atoms with Gasteiger partial charge in [-0.1, -0.05) is 26.7 Å². The largest absolute Gasteiger partial charge is 2.00 e. The van der Waals surface area contributed by atoms with E-state index in [-0.39, 0.29) is 25.9 Å². The Hall–Kier alpha value is 1.06. The van der Waals surface area contributed by atoms with Crippen molar-refractivity contribution in [1.82, 2.24) is 0 Å². The number of unbranched alkanes of at least 4 members (excludes halogenated alkanes) is 1. The minimum Gasteiger partial charge on any atom is -1.00 e. The van der Waals surface area contributed by atoms with Gasteiger partial charge in [0, 0.05) is 5.88 Å². The molecule has 0 saturated heterocycles. The molecule has 0 aromatic carbocycles. The van der Waals surface area contributed by atoms with Crippen molar-refractivity contribution in [2.75, 3.05) is 5.88 Å². The van der Waals surface area contributed by atoms with Crippen LogP contribution >= 0.6 is 11.6 Å². The molecule has 0 aromatic rings. The van der Waals surface area contributed by atoms with Gasteiger partial charge in [0.2, 0.25) is 0 Å². The van der Waals surface area contributed by atoms with Gasteiger partial charge in [-0.15, -0.1) is 11.6 Å². The van der Waals surface area contributed by atoms with Crippen LogP contribution < -0.4 is 0 Å². The van der Waals surface area contributed by atoms with Crippen molar-refractivity contribution in [1.29, 1.82) is 0 Å². The van der Waals surface area contributed by atoms with Crippen molar-refractivity contribution in [3.05, 3.63) is 0 Å². The molecule has 1 atom stereocenters. The molecule has 0 amide bonds. The molecule has 0 spiro atoms. The Morgan fingerprint density at radius 2 is 2.11 bits per heavy atom. The molecule has 0 N–H and O–H groups in total. The first-order chi connectivity index (χ1) is 3.81. The maximum atomic E-state index is 5.59. The molecule has 1 unspecified atom stereocenters. The van der Waals surface area contributed by atoms with Gasteiger partial charge in [-0.2, -0.15) is 0 Å². The van der Waals surface area contributed by atoms with Gasteiger partial charge in [0.05, 0.1) is 0 Å². The third kappa shape index (κ3) is 9.06. The Bertz CT molecular complexity index is 55.7. The van der Waals surface area contributed by atoms with Gasteiger partial charge in [0.1, 0.15) is 0 Å². The van der Waals surface area contributed by atoms with E-state index in [4.69, 9.17) is 11.6 Å². The minimum absolute atomic E-state index is 0. The Morgan fingerprint density at radius 3 is 2.44 bits per heavy atom. The first kappa shape index (κ1) is 12.7. The van der Waals surface area contributed by atoms with E-state index in [1.54, 1.807) is 0 Å². The standard InChI is InChI=1S/C7H15Cl.Mg.2H/c1-3-4-5-7(2)6-8;;;/h7H,3-6H2,1-2H3;;;/q;+2;2*-1. The molecule has 0 aliphatic heterocycles. The van der Waals surface area contributed by atoms with Gasteiger partial charge in [-0.05, 0) is 12.3 Å². The van der Waals surface area contributed by atoms with E-state index >= 15 is 0 Å². The van der Waals surface area contributed by atoms with E-state index in [9.17, 15) is 0 Å². The van der Waals surface area contributed by atoms with Crippen LogP contribution in [-0.2, 0) is 0 Å². The molecule has 0 aromatic heterocycles. The van der Waals surface area contributed by atoms with Crippen molar-refractivity contribution in [2.24, 2.45) is 5.92 Å². The van der Waals surface area contributed by atoms with Crippen molar-refractivity contribution in [2.45, 2.75) is 33.1 Å². The Morgan fingerprint density at radius 1 is 1.56 bits per heavy atom. The third-order valence-electron chi connectivity index (χ3n) is 1.31. The summed E-state index contributed by atoms with van der Waals surface area (Å²) >= 11 is 5.59. The monoisotopic (exact) mass is 160 g/mol. The van der Waals surface area contributed by atoms with E-state index in [2.05, 4.69) is 13.8 Å². The summed E-state index contributed by atoms with van der Waals surface area (Å²) < 4.78 is 0. The maximum absolute atomic E-state index is 5.59. The van der Waals surface area contributed by atoms with Crippen molar-refractivity contribution < 1.29 is 2.85 Å². The molecule has 0 rings (SSSR count). The van der Waals surface area contributed by atoms with E-state index in [0.717, 1.165) is 11.8 Å². The smallest absolute Gasteiger partial charge is 1.00 e. The third-order valence-corrected chi connectivity index (χ3v) is 1.84. The van der Waals surface area contributed by atoms with Crippen LogP contribution in [0.4, 0.5) is 0 Å². The number of hydrogen-bond acceptors (Lipinski definition) is 0. The normalized spacial score (nSPS) is 12.3. The average Bonchev–Trinajstić information content (AvgIpc) is 1.83. The molecule has 0 aliphatic carbocycles. The number of alkyl halides is 1. The van der Waals surface area contributed by atoms with E-state index in [0.29, 0.717) is 0 Å². The summed E-state index contributed by atoms with van der Waals surface area (Å²) in [6.45, 7) is 4.41. The SMILES string of the molecule is CCCCC(C)CCl.[H-].[H-].[Mg+2]. The zero-order valence-electron chi connectivity index (χ0n) is 8.49. The summed E-state index contributed by atoms with van der Waals surface area (Å²) in [6, 6.07) is 0. The van der Waals surface area contributed by atoms with Crippen molar-refractivity contribution >= 4 is 34.7 Å². The first-order valence-electron chi connectivity index (χ1n) is 3.37. The fourth-order valence-corrected chi connectivity index (χ4v) is 0.784. The Balaban J connectivity index is -0.0000000817. The molecule has 0 nitrogen and oxygen atoms in total. The average molecular weight is 161 g/mol. The van der Waals surface area contributed by atoms with Crippen LogP contribution in [0.2, 0.25) is 0 Å². The molecular weight excluding hydrogens is 144 g/mol. The quantitative estimate of drug-likeness (QED) is 0.439. The summed E-state index contributed by atoms with van der Waals surface area (Å²) in [5, 5.41) is 0. The van der Waals surface area contributed by atoms with Gasteiger partial charge in [-0.25, -0.2) is 0 Å². The topological polar surface area (TPSA) is 0 Å². The predicted octanol–water partition coefficient (Wildman–Crippen LogP) is 2.90. The molecule has 0 aliphatic rings. The summed E-state index contributed by atoms with van der Waals surface area (Å²) in [4.78, 5) is 0. The summed E-state index contributed by atoms with van der Waals surface area (Å²) in [5.74, 6) is 1.54.